The van der Waals surface area contributed by atoms with E-state index in [1.807, 2.05) is 21.9 Å². The van der Waals surface area contributed by atoms with Gasteiger partial charge in [0.05, 0.1) is 22.1 Å². The van der Waals surface area contributed by atoms with Gasteiger partial charge in [0, 0.05) is 12.1 Å². The van der Waals surface area contributed by atoms with Crippen molar-refractivity contribution in [1.82, 2.24) is 19.2 Å². The van der Waals surface area contributed by atoms with Crippen LogP contribution in [0.3, 0.4) is 0 Å². The summed E-state index contributed by atoms with van der Waals surface area (Å²) >= 11 is 1.60. The Morgan fingerprint density at radius 1 is 1.31 bits per heavy atom. The first-order valence-corrected chi connectivity index (χ1v) is 9.28. The first-order valence-electron chi connectivity index (χ1n) is 8.40. The molecule has 0 radical (unpaired) electrons. The van der Waals surface area contributed by atoms with Crippen LogP contribution < -0.4 is 10.9 Å². The first-order chi connectivity index (χ1) is 12.7. The van der Waals surface area contributed by atoms with Crippen LogP contribution >= 0.6 is 11.3 Å². The van der Waals surface area contributed by atoms with Crippen LogP contribution in [0.2, 0.25) is 0 Å². The number of pyridine rings is 1. The largest absolute Gasteiger partial charge is 0.323 e. The van der Waals surface area contributed by atoms with Crippen LogP contribution in [0.15, 0.2) is 46.8 Å². The molecule has 0 bridgehead atoms. The van der Waals surface area contributed by atoms with Crippen LogP contribution in [-0.2, 0) is 11.3 Å². The van der Waals surface area contributed by atoms with Gasteiger partial charge < -0.3 is 5.32 Å². The summed E-state index contributed by atoms with van der Waals surface area (Å²) in [6.07, 6.45) is 5.32. The van der Waals surface area contributed by atoms with Crippen molar-refractivity contribution >= 4 is 38.7 Å². The van der Waals surface area contributed by atoms with E-state index in [1.165, 1.54) is 4.68 Å². The van der Waals surface area contributed by atoms with Gasteiger partial charge in [0.25, 0.3) is 5.56 Å². The number of hydrogen-bond acceptors (Lipinski definition) is 5. The maximum absolute atomic E-state index is 12.9. The van der Waals surface area contributed by atoms with Gasteiger partial charge in [0.2, 0.25) is 5.91 Å². The number of rotatable bonds is 4. The standard InChI is InChI=1S/C18H15N5O2S/c24-16(20-12-2-1-6-19-9-12)10-22-18(25)14-8-15-13(5-7-26-15)23(14)17(21-22)11-3-4-11/h1-2,5-9,11H,3-4,10H2,(H,20,24). The third-order valence-corrected chi connectivity index (χ3v) is 5.36. The smallest absolute Gasteiger partial charge is 0.291 e. The molecule has 4 aromatic heterocycles. The van der Waals surface area contributed by atoms with Crippen LogP contribution in [0.1, 0.15) is 24.6 Å². The van der Waals surface area contributed by atoms with Crippen molar-refractivity contribution in [1.29, 1.82) is 0 Å². The van der Waals surface area contributed by atoms with E-state index in [9.17, 15) is 9.59 Å². The third-order valence-electron chi connectivity index (χ3n) is 4.51. The monoisotopic (exact) mass is 365 g/mol. The molecule has 26 heavy (non-hydrogen) atoms. The van der Waals surface area contributed by atoms with E-state index in [0.717, 1.165) is 28.9 Å². The molecule has 0 spiro atoms. The van der Waals surface area contributed by atoms with E-state index in [4.69, 9.17) is 0 Å². The average molecular weight is 365 g/mol. The lowest BCUT2D eigenvalue weighted by molar-refractivity contribution is -0.117. The molecule has 0 aliphatic heterocycles. The van der Waals surface area contributed by atoms with E-state index < -0.39 is 0 Å². The van der Waals surface area contributed by atoms with Crippen LogP contribution in [0, 0.1) is 0 Å². The lowest BCUT2D eigenvalue weighted by Gasteiger charge is -2.10. The summed E-state index contributed by atoms with van der Waals surface area (Å²) in [6, 6.07) is 7.40. The Morgan fingerprint density at radius 2 is 2.19 bits per heavy atom. The second-order valence-corrected chi connectivity index (χ2v) is 7.37. The summed E-state index contributed by atoms with van der Waals surface area (Å²) in [5, 5.41) is 9.30. The molecule has 1 saturated carbocycles. The molecule has 8 heteroatoms. The Hall–Kier alpha value is -3.00. The summed E-state index contributed by atoms with van der Waals surface area (Å²) in [7, 11) is 0. The summed E-state index contributed by atoms with van der Waals surface area (Å²) in [5.41, 5.74) is 1.94. The van der Waals surface area contributed by atoms with Gasteiger partial charge in [-0.3, -0.25) is 19.0 Å². The van der Waals surface area contributed by atoms with Crippen LogP contribution in [0.5, 0.6) is 0 Å². The Kier molecular flexibility index (Phi) is 3.39. The Labute approximate surface area is 151 Å². The molecule has 1 fully saturated rings. The highest BCUT2D eigenvalue weighted by Crippen LogP contribution is 2.40. The lowest BCUT2D eigenvalue weighted by Crippen LogP contribution is -2.32. The Morgan fingerprint density at radius 3 is 2.96 bits per heavy atom. The topological polar surface area (TPSA) is 81.3 Å². The molecule has 1 amide bonds. The lowest BCUT2D eigenvalue weighted by atomic mass is 10.4. The summed E-state index contributed by atoms with van der Waals surface area (Å²) in [5.74, 6) is 0.912. The zero-order valence-electron chi connectivity index (χ0n) is 13.8. The average Bonchev–Trinajstić information content (AvgIpc) is 3.26. The van der Waals surface area contributed by atoms with Crippen LogP contribution in [0.4, 0.5) is 5.69 Å². The SMILES string of the molecule is O=C(Cn1nc(C2CC2)n2c(cc3sccc32)c1=O)Nc1cccnc1. The molecule has 4 aromatic rings. The molecule has 130 valence electrons. The number of hydrogen-bond donors (Lipinski definition) is 1. The van der Waals surface area contributed by atoms with Crippen molar-refractivity contribution in [3.05, 3.63) is 58.2 Å². The molecule has 1 aliphatic rings. The minimum absolute atomic E-state index is 0.122. The van der Waals surface area contributed by atoms with Gasteiger partial charge >= 0.3 is 0 Å². The van der Waals surface area contributed by atoms with E-state index in [-0.39, 0.29) is 18.0 Å². The van der Waals surface area contributed by atoms with Gasteiger partial charge in [-0.1, -0.05) is 0 Å². The molecule has 5 rings (SSSR count). The Balaban J connectivity index is 1.56. The van der Waals surface area contributed by atoms with E-state index in [0.29, 0.717) is 17.1 Å². The molecule has 0 saturated heterocycles. The quantitative estimate of drug-likeness (QED) is 0.603. The van der Waals surface area contributed by atoms with Gasteiger partial charge in [0.15, 0.2) is 0 Å². The zero-order chi connectivity index (χ0) is 17.7. The Bertz CT molecular complexity index is 1190. The molecule has 7 nitrogen and oxygen atoms in total. The molecule has 0 unspecified atom stereocenters. The number of carbonyl (C=O) groups is 1. The second kappa shape index (κ2) is 5.77. The van der Waals surface area contributed by atoms with Crippen molar-refractivity contribution in [3.63, 3.8) is 0 Å². The number of fused-ring (bicyclic) bond motifs is 3. The van der Waals surface area contributed by atoms with Gasteiger partial charge in [0.1, 0.15) is 17.9 Å². The minimum Gasteiger partial charge on any atom is -0.323 e. The first kappa shape index (κ1) is 15.3. The predicted molar refractivity (Wildman–Crippen MR) is 99.7 cm³/mol. The second-order valence-electron chi connectivity index (χ2n) is 6.42. The number of aromatic nitrogens is 4. The fourth-order valence-corrected chi connectivity index (χ4v) is 3.97. The van der Waals surface area contributed by atoms with Crippen molar-refractivity contribution < 1.29 is 4.79 Å². The molecular formula is C18H15N5O2S. The zero-order valence-corrected chi connectivity index (χ0v) is 14.6. The molecule has 0 atom stereocenters. The number of nitrogens with one attached hydrogen (secondary N) is 1. The van der Waals surface area contributed by atoms with E-state index in [2.05, 4.69) is 15.4 Å². The highest BCUT2D eigenvalue weighted by atomic mass is 32.1. The highest BCUT2D eigenvalue weighted by Gasteiger charge is 2.30. The molecular weight excluding hydrogens is 350 g/mol. The normalized spacial score (nSPS) is 14.2. The maximum Gasteiger partial charge on any atom is 0.291 e. The third kappa shape index (κ3) is 2.50. The van der Waals surface area contributed by atoms with Gasteiger partial charge in [-0.05, 0) is 42.5 Å². The number of amides is 1. The van der Waals surface area contributed by atoms with Crippen molar-refractivity contribution in [2.45, 2.75) is 25.3 Å². The maximum atomic E-state index is 12.9. The van der Waals surface area contributed by atoms with Crippen LogP contribution in [0.25, 0.3) is 15.7 Å². The van der Waals surface area contributed by atoms with Crippen molar-refractivity contribution in [2.75, 3.05) is 5.32 Å². The van der Waals surface area contributed by atoms with Gasteiger partial charge in [-0.2, -0.15) is 5.10 Å². The number of carbonyl (C=O) groups excluding carboxylic acids is 1. The summed E-state index contributed by atoms with van der Waals surface area (Å²) in [6.45, 7) is -0.122. The van der Waals surface area contributed by atoms with Crippen molar-refractivity contribution in [2.24, 2.45) is 0 Å². The number of thiophene rings is 1. The number of anilines is 1. The molecule has 0 aromatic carbocycles. The molecule has 1 N–H and O–H groups in total. The van der Waals surface area contributed by atoms with E-state index >= 15 is 0 Å². The van der Waals surface area contributed by atoms with E-state index in [1.54, 1.807) is 35.9 Å². The van der Waals surface area contributed by atoms with Gasteiger partial charge in [-0.25, -0.2) is 4.68 Å². The fraction of sp³-hybridized carbons (Fsp3) is 0.222. The van der Waals surface area contributed by atoms with Crippen LogP contribution in [-0.4, -0.2) is 25.1 Å². The van der Waals surface area contributed by atoms with Crippen molar-refractivity contribution in [3.8, 4) is 0 Å². The molecule has 1 aliphatic carbocycles. The minimum atomic E-state index is -0.299. The summed E-state index contributed by atoms with van der Waals surface area (Å²) < 4.78 is 4.29. The highest BCUT2D eigenvalue weighted by molar-refractivity contribution is 7.17. The fourth-order valence-electron chi connectivity index (χ4n) is 3.16. The molecule has 4 heterocycles. The predicted octanol–water partition coefficient (Wildman–Crippen LogP) is 2.62. The number of nitrogens with zero attached hydrogens (tertiary/aromatic N) is 4. The summed E-state index contributed by atoms with van der Waals surface area (Å²) in [4.78, 5) is 29.2. The van der Waals surface area contributed by atoms with Gasteiger partial charge in [-0.15, -0.1) is 11.3 Å².